The Morgan fingerprint density at radius 1 is 1.00 bits per heavy atom. The van der Waals surface area contributed by atoms with Gasteiger partial charge in [0, 0.05) is 22.1 Å². The van der Waals surface area contributed by atoms with Gasteiger partial charge in [-0.15, -0.1) is 0 Å². The average Bonchev–Trinajstić information content (AvgIpc) is 3.15. The van der Waals surface area contributed by atoms with Crippen LogP contribution in [0.2, 0.25) is 0 Å². The number of nitrogens with zero attached hydrogens (tertiary/aromatic N) is 2. The highest BCUT2D eigenvalue weighted by Gasteiger charge is 2.35. The Kier molecular flexibility index (Phi) is 5.12. The number of para-hydroxylation sites is 1. The number of amides is 2. The van der Waals surface area contributed by atoms with Crippen LogP contribution in [0.4, 0.5) is 10.1 Å². The molecule has 2 aromatic carbocycles. The van der Waals surface area contributed by atoms with Crippen molar-refractivity contribution < 1.29 is 14.0 Å². The van der Waals surface area contributed by atoms with Gasteiger partial charge in [0.1, 0.15) is 11.4 Å². The molecule has 0 bridgehead atoms. The molecule has 0 atom stereocenters. The van der Waals surface area contributed by atoms with Crippen LogP contribution in [-0.4, -0.2) is 21.5 Å². The molecule has 3 aromatic rings. The van der Waals surface area contributed by atoms with Gasteiger partial charge < -0.3 is 4.57 Å². The third-order valence-corrected chi connectivity index (χ3v) is 5.19. The van der Waals surface area contributed by atoms with Crippen molar-refractivity contribution in [2.75, 3.05) is 4.90 Å². The lowest BCUT2D eigenvalue weighted by Crippen LogP contribution is -2.54. The maximum Gasteiger partial charge on any atom is 0.270 e. The van der Waals surface area contributed by atoms with Gasteiger partial charge >= 0.3 is 0 Å². The smallest absolute Gasteiger partial charge is 0.270 e. The van der Waals surface area contributed by atoms with Gasteiger partial charge in [0.2, 0.25) is 0 Å². The number of hydrogen-bond acceptors (Lipinski definition) is 3. The van der Waals surface area contributed by atoms with Crippen molar-refractivity contribution in [3.8, 4) is 5.69 Å². The van der Waals surface area contributed by atoms with Crippen molar-refractivity contribution in [1.82, 2.24) is 9.88 Å². The van der Waals surface area contributed by atoms with E-state index < -0.39 is 17.6 Å². The summed E-state index contributed by atoms with van der Waals surface area (Å²) in [6, 6.07) is 16.9. The van der Waals surface area contributed by atoms with Crippen LogP contribution in [0.5, 0.6) is 0 Å². The molecular weight excluding hydrogens is 457 g/mol. The molecule has 0 radical (unpaired) electrons. The molecule has 0 spiro atoms. The highest BCUT2D eigenvalue weighted by atomic mass is 79.9. The normalized spacial score (nSPS) is 15.7. The van der Waals surface area contributed by atoms with E-state index >= 15 is 0 Å². The van der Waals surface area contributed by atoms with Crippen molar-refractivity contribution in [1.29, 1.82) is 0 Å². The summed E-state index contributed by atoms with van der Waals surface area (Å²) in [6.45, 7) is 0. The van der Waals surface area contributed by atoms with Crippen LogP contribution in [0.15, 0.2) is 76.9 Å². The van der Waals surface area contributed by atoms with E-state index in [2.05, 4.69) is 21.2 Å². The SMILES string of the molecule is O=C1NC(=S)N(c2ccccc2F)C(=O)/C1=C/c1cccn1-c1ccc(Br)cc1. The van der Waals surface area contributed by atoms with Crippen LogP contribution >= 0.6 is 28.1 Å². The highest BCUT2D eigenvalue weighted by Crippen LogP contribution is 2.25. The van der Waals surface area contributed by atoms with Gasteiger partial charge in [-0.1, -0.05) is 28.1 Å². The molecule has 1 aliphatic rings. The molecular formula is C21H13BrFN3O2S. The number of anilines is 1. The lowest BCUT2D eigenvalue weighted by molar-refractivity contribution is -0.122. The van der Waals surface area contributed by atoms with Crippen LogP contribution < -0.4 is 10.2 Å². The summed E-state index contributed by atoms with van der Waals surface area (Å²) in [5.74, 6) is -1.93. The third kappa shape index (κ3) is 3.64. The Labute approximate surface area is 179 Å². The monoisotopic (exact) mass is 469 g/mol. The first-order valence-corrected chi connectivity index (χ1v) is 9.75. The Morgan fingerprint density at radius 2 is 1.72 bits per heavy atom. The summed E-state index contributed by atoms with van der Waals surface area (Å²) in [5.41, 5.74) is 1.32. The molecule has 1 saturated heterocycles. The van der Waals surface area contributed by atoms with Gasteiger partial charge in [-0.3, -0.25) is 14.9 Å². The molecule has 144 valence electrons. The molecule has 0 unspecified atom stereocenters. The van der Waals surface area contributed by atoms with E-state index in [-0.39, 0.29) is 16.4 Å². The Morgan fingerprint density at radius 3 is 2.45 bits per heavy atom. The third-order valence-electron chi connectivity index (χ3n) is 4.37. The van der Waals surface area contributed by atoms with Gasteiger partial charge in [-0.25, -0.2) is 9.29 Å². The second-order valence-corrected chi connectivity index (χ2v) is 7.49. The predicted molar refractivity (Wildman–Crippen MR) is 116 cm³/mol. The Balaban J connectivity index is 1.76. The number of hydrogen-bond donors (Lipinski definition) is 1. The molecule has 1 aromatic heterocycles. The molecule has 4 rings (SSSR count). The molecule has 29 heavy (non-hydrogen) atoms. The predicted octanol–water partition coefficient (Wildman–Crippen LogP) is 4.21. The molecule has 0 saturated carbocycles. The molecule has 0 aliphatic carbocycles. The number of carbonyl (C=O) groups is 2. The topological polar surface area (TPSA) is 54.3 Å². The Hall–Kier alpha value is -3.10. The second-order valence-electron chi connectivity index (χ2n) is 6.19. The number of rotatable bonds is 3. The summed E-state index contributed by atoms with van der Waals surface area (Å²) < 4.78 is 17.0. The van der Waals surface area contributed by atoms with E-state index in [4.69, 9.17) is 12.2 Å². The van der Waals surface area contributed by atoms with Crippen molar-refractivity contribution in [3.05, 3.63) is 88.4 Å². The second kappa shape index (κ2) is 7.73. The quantitative estimate of drug-likeness (QED) is 0.355. The number of thiocarbonyl (C=S) groups is 1. The van der Waals surface area contributed by atoms with Gasteiger partial charge in [-0.2, -0.15) is 0 Å². The minimum Gasteiger partial charge on any atom is -0.317 e. The standard InChI is InChI=1S/C21H13BrFN3O2S/c22-13-7-9-14(10-8-13)25-11-3-4-15(25)12-16-19(27)24-21(29)26(20(16)28)18-6-2-1-5-17(18)23/h1-12H,(H,24,27,29)/b16-12+. The number of nitrogens with one attached hydrogen (secondary N) is 1. The van der Waals surface area contributed by atoms with Crippen LogP contribution in [0, 0.1) is 5.82 Å². The number of halogens is 2. The van der Waals surface area contributed by atoms with Gasteiger partial charge in [0.25, 0.3) is 11.8 Å². The number of carbonyl (C=O) groups excluding carboxylic acids is 2. The zero-order valence-electron chi connectivity index (χ0n) is 14.8. The summed E-state index contributed by atoms with van der Waals surface area (Å²) in [4.78, 5) is 26.5. The van der Waals surface area contributed by atoms with Crippen molar-refractivity contribution in [3.63, 3.8) is 0 Å². The van der Waals surface area contributed by atoms with Crippen molar-refractivity contribution >= 4 is 56.8 Å². The summed E-state index contributed by atoms with van der Waals surface area (Å²) in [6.07, 6.45) is 3.29. The van der Waals surface area contributed by atoms with Crippen LogP contribution in [0.3, 0.4) is 0 Å². The van der Waals surface area contributed by atoms with Gasteiger partial charge in [0.15, 0.2) is 5.11 Å². The van der Waals surface area contributed by atoms with Crippen LogP contribution in [0.1, 0.15) is 5.69 Å². The van der Waals surface area contributed by atoms with E-state index in [0.717, 1.165) is 15.1 Å². The van der Waals surface area contributed by atoms with E-state index in [1.54, 1.807) is 18.2 Å². The minimum absolute atomic E-state index is 0.0170. The van der Waals surface area contributed by atoms with E-state index in [1.807, 2.05) is 35.0 Å². The maximum absolute atomic E-state index is 14.2. The van der Waals surface area contributed by atoms with Crippen molar-refractivity contribution in [2.45, 2.75) is 0 Å². The van der Waals surface area contributed by atoms with E-state index in [9.17, 15) is 14.0 Å². The fourth-order valence-electron chi connectivity index (χ4n) is 3.01. The first-order chi connectivity index (χ1) is 14.0. The van der Waals surface area contributed by atoms with Crippen LogP contribution in [0.25, 0.3) is 11.8 Å². The first kappa shape index (κ1) is 19.2. The van der Waals surface area contributed by atoms with E-state index in [0.29, 0.717) is 5.69 Å². The average molecular weight is 470 g/mol. The van der Waals surface area contributed by atoms with Gasteiger partial charge in [0.05, 0.1) is 5.69 Å². The lowest BCUT2D eigenvalue weighted by atomic mass is 10.1. The first-order valence-electron chi connectivity index (χ1n) is 8.55. The fraction of sp³-hybridized carbons (Fsp3) is 0. The lowest BCUT2D eigenvalue weighted by Gasteiger charge is -2.29. The van der Waals surface area contributed by atoms with Crippen molar-refractivity contribution in [2.24, 2.45) is 0 Å². The molecule has 2 amide bonds. The van der Waals surface area contributed by atoms with E-state index in [1.165, 1.54) is 24.3 Å². The molecule has 2 heterocycles. The molecule has 8 heteroatoms. The molecule has 1 aliphatic heterocycles. The number of benzene rings is 2. The summed E-state index contributed by atoms with van der Waals surface area (Å²) in [5, 5.41) is 2.30. The summed E-state index contributed by atoms with van der Waals surface area (Å²) >= 11 is 8.50. The Bertz CT molecular complexity index is 1170. The summed E-state index contributed by atoms with van der Waals surface area (Å²) in [7, 11) is 0. The minimum atomic E-state index is -0.688. The van der Waals surface area contributed by atoms with Crippen LogP contribution in [-0.2, 0) is 9.59 Å². The number of aromatic nitrogens is 1. The molecule has 5 nitrogen and oxygen atoms in total. The zero-order valence-corrected chi connectivity index (χ0v) is 17.2. The zero-order chi connectivity index (χ0) is 20.5. The van der Waals surface area contributed by atoms with Gasteiger partial charge in [-0.05, 0) is 66.8 Å². The molecule has 1 N–H and O–H groups in total. The largest absolute Gasteiger partial charge is 0.317 e. The highest BCUT2D eigenvalue weighted by molar-refractivity contribution is 9.10. The maximum atomic E-state index is 14.2. The fourth-order valence-corrected chi connectivity index (χ4v) is 3.54. The molecule has 1 fully saturated rings.